The van der Waals surface area contributed by atoms with Crippen LogP contribution >= 0.6 is 11.8 Å². The molecule has 0 saturated carbocycles. The minimum absolute atomic E-state index is 0.0119. The molecule has 82 valence electrons. The van der Waals surface area contributed by atoms with Gasteiger partial charge in [0.15, 0.2) is 0 Å². The van der Waals surface area contributed by atoms with Crippen molar-refractivity contribution in [1.29, 1.82) is 5.26 Å². The fourth-order valence-electron chi connectivity index (χ4n) is 1.87. The summed E-state index contributed by atoms with van der Waals surface area (Å²) in [4.78, 5) is 13.8. The van der Waals surface area contributed by atoms with Crippen molar-refractivity contribution >= 4 is 23.4 Å². The van der Waals surface area contributed by atoms with Crippen molar-refractivity contribution in [1.82, 2.24) is 0 Å². The van der Waals surface area contributed by atoms with E-state index in [-0.39, 0.29) is 11.7 Å². The lowest BCUT2D eigenvalue weighted by Crippen LogP contribution is -2.31. The highest BCUT2D eigenvalue weighted by molar-refractivity contribution is 8.03. The van der Waals surface area contributed by atoms with Gasteiger partial charge in [-0.2, -0.15) is 5.26 Å². The Hall–Kier alpha value is -1.67. The molecule has 5 heteroatoms. The van der Waals surface area contributed by atoms with Crippen LogP contribution in [-0.4, -0.2) is 18.1 Å². The third-order valence-electron chi connectivity index (χ3n) is 2.67. The van der Waals surface area contributed by atoms with Crippen molar-refractivity contribution in [2.24, 2.45) is 0 Å². The second-order valence-electron chi connectivity index (χ2n) is 3.56. The highest BCUT2D eigenvalue weighted by Crippen LogP contribution is 2.40. The van der Waals surface area contributed by atoms with Gasteiger partial charge >= 0.3 is 0 Å². The maximum absolute atomic E-state index is 11.6. The Balaban J connectivity index is 2.60. The van der Waals surface area contributed by atoms with Crippen molar-refractivity contribution in [2.45, 2.75) is 17.7 Å². The number of carbonyl (C=O) groups excluding carboxylic acids is 1. The molecule has 1 aromatic rings. The number of phenols is 1. The van der Waals surface area contributed by atoms with Gasteiger partial charge in [-0.3, -0.25) is 4.79 Å². The second kappa shape index (κ2) is 4.06. The van der Waals surface area contributed by atoms with E-state index in [4.69, 9.17) is 5.26 Å². The zero-order chi connectivity index (χ0) is 11.7. The standard InChI is InChI=1S/C11H10N2O2S/c1-13-10(15)5-2-7-8(14)3-4-9(11(7)13)16-6-12/h3-4,14H,2,5H2,1H3. The van der Waals surface area contributed by atoms with Crippen LogP contribution in [-0.2, 0) is 11.2 Å². The fourth-order valence-corrected chi connectivity index (χ4v) is 2.47. The SMILES string of the molecule is CN1C(=O)CCc2c(O)ccc(SC#N)c21. The number of thiocyanates is 1. The molecule has 1 amide bonds. The molecule has 0 bridgehead atoms. The van der Waals surface area contributed by atoms with Crippen molar-refractivity contribution in [3.05, 3.63) is 17.7 Å². The van der Waals surface area contributed by atoms with Crippen LogP contribution in [0.4, 0.5) is 5.69 Å². The number of nitrogens with zero attached hydrogens (tertiary/aromatic N) is 2. The highest BCUT2D eigenvalue weighted by atomic mass is 32.2. The number of rotatable bonds is 1. The first-order chi connectivity index (χ1) is 7.65. The third kappa shape index (κ3) is 1.61. The average molecular weight is 234 g/mol. The minimum Gasteiger partial charge on any atom is -0.508 e. The Morgan fingerprint density at radius 2 is 2.25 bits per heavy atom. The first-order valence-electron chi connectivity index (χ1n) is 4.82. The van der Waals surface area contributed by atoms with Gasteiger partial charge < -0.3 is 10.0 Å². The Labute approximate surface area is 97.5 Å². The summed E-state index contributed by atoms with van der Waals surface area (Å²) in [6, 6.07) is 3.24. The number of benzene rings is 1. The van der Waals surface area contributed by atoms with E-state index >= 15 is 0 Å². The molecule has 0 atom stereocenters. The van der Waals surface area contributed by atoms with E-state index < -0.39 is 0 Å². The molecule has 0 saturated heterocycles. The number of nitriles is 1. The number of anilines is 1. The van der Waals surface area contributed by atoms with Crippen LogP contribution in [0.1, 0.15) is 12.0 Å². The zero-order valence-corrected chi connectivity index (χ0v) is 9.54. The number of amides is 1. The fraction of sp³-hybridized carbons (Fsp3) is 0.273. The van der Waals surface area contributed by atoms with Crippen molar-refractivity contribution < 1.29 is 9.90 Å². The molecule has 0 spiro atoms. The summed E-state index contributed by atoms with van der Waals surface area (Å²) in [7, 11) is 1.67. The molecule has 1 aliphatic heterocycles. The van der Waals surface area contributed by atoms with Crippen LogP contribution in [0.5, 0.6) is 5.75 Å². The second-order valence-corrected chi connectivity index (χ2v) is 4.38. The van der Waals surface area contributed by atoms with Crippen LogP contribution in [0.2, 0.25) is 0 Å². The zero-order valence-electron chi connectivity index (χ0n) is 8.73. The molecule has 0 fully saturated rings. The van der Waals surface area contributed by atoms with Gasteiger partial charge in [0.1, 0.15) is 11.2 Å². The van der Waals surface area contributed by atoms with E-state index in [2.05, 4.69) is 0 Å². The van der Waals surface area contributed by atoms with Gasteiger partial charge in [0.2, 0.25) is 5.91 Å². The molecule has 1 aromatic carbocycles. The highest BCUT2D eigenvalue weighted by Gasteiger charge is 2.26. The minimum atomic E-state index is 0.0119. The molecule has 0 aromatic heterocycles. The van der Waals surface area contributed by atoms with Gasteiger partial charge in [0.25, 0.3) is 0 Å². The van der Waals surface area contributed by atoms with Crippen molar-refractivity contribution in [3.63, 3.8) is 0 Å². The van der Waals surface area contributed by atoms with Crippen LogP contribution in [0.15, 0.2) is 17.0 Å². The molecule has 1 heterocycles. The summed E-state index contributed by atoms with van der Waals surface area (Å²) >= 11 is 1.00. The summed E-state index contributed by atoms with van der Waals surface area (Å²) in [6.07, 6.45) is 0.932. The van der Waals surface area contributed by atoms with Gasteiger partial charge in [-0.1, -0.05) is 0 Å². The summed E-state index contributed by atoms with van der Waals surface area (Å²) < 4.78 is 0. The number of aromatic hydroxyl groups is 1. The summed E-state index contributed by atoms with van der Waals surface area (Å²) in [5.41, 5.74) is 1.42. The normalized spacial score (nSPS) is 14.5. The lowest BCUT2D eigenvalue weighted by atomic mass is 10.0. The molecule has 0 unspecified atom stereocenters. The van der Waals surface area contributed by atoms with E-state index in [9.17, 15) is 9.90 Å². The van der Waals surface area contributed by atoms with Gasteiger partial charge in [-0.15, -0.1) is 0 Å². The number of phenolic OH excluding ortho intramolecular Hbond substituents is 1. The molecule has 2 rings (SSSR count). The topological polar surface area (TPSA) is 64.3 Å². The quantitative estimate of drug-likeness (QED) is 0.595. The molecule has 0 radical (unpaired) electrons. The van der Waals surface area contributed by atoms with E-state index in [0.29, 0.717) is 23.4 Å². The Morgan fingerprint density at radius 1 is 1.50 bits per heavy atom. The van der Waals surface area contributed by atoms with Crippen LogP contribution < -0.4 is 4.90 Å². The van der Waals surface area contributed by atoms with Gasteiger partial charge in [0.05, 0.1) is 5.69 Å². The predicted octanol–water partition coefficient (Wildman–Crippen LogP) is 1.87. The molecule has 4 nitrogen and oxygen atoms in total. The van der Waals surface area contributed by atoms with Crippen LogP contribution in [0.3, 0.4) is 0 Å². The monoisotopic (exact) mass is 234 g/mol. The van der Waals surface area contributed by atoms with Gasteiger partial charge in [-0.25, -0.2) is 0 Å². The molecule has 1 N–H and O–H groups in total. The number of fused-ring (bicyclic) bond motifs is 1. The van der Waals surface area contributed by atoms with Crippen molar-refractivity contribution in [2.75, 3.05) is 11.9 Å². The lowest BCUT2D eigenvalue weighted by Gasteiger charge is -2.27. The van der Waals surface area contributed by atoms with E-state index in [0.717, 1.165) is 17.3 Å². The van der Waals surface area contributed by atoms with E-state index in [1.165, 1.54) is 4.90 Å². The molecular formula is C11H10N2O2S. The van der Waals surface area contributed by atoms with E-state index in [1.807, 2.05) is 5.40 Å². The van der Waals surface area contributed by atoms with Crippen LogP contribution in [0.25, 0.3) is 0 Å². The molecular weight excluding hydrogens is 224 g/mol. The summed E-state index contributed by atoms with van der Waals surface area (Å²) in [5.74, 6) is 0.203. The molecule has 0 aliphatic carbocycles. The number of hydrogen-bond acceptors (Lipinski definition) is 4. The number of hydrogen-bond donors (Lipinski definition) is 1. The maximum atomic E-state index is 11.6. The van der Waals surface area contributed by atoms with Gasteiger partial charge in [-0.05, 0) is 30.3 Å². The first-order valence-corrected chi connectivity index (χ1v) is 5.64. The average Bonchev–Trinajstić information content (AvgIpc) is 2.27. The molecule has 1 aliphatic rings. The number of carbonyl (C=O) groups is 1. The first kappa shape index (κ1) is 10.8. The maximum Gasteiger partial charge on any atom is 0.227 e. The van der Waals surface area contributed by atoms with E-state index in [1.54, 1.807) is 19.2 Å². The molecule has 16 heavy (non-hydrogen) atoms. The Morgan fingerprint density at radius 3 is 2.94 bits per heavy atom. The Kier molecular flexibility index (Phi) is 2.75. The summed E-state index contributed by atoms with van der Waals surface area (Å²) in [5, 5.41) is 20.4. The lowest BCUT2D eigenvalue weighted by molar-refractivity contribution is -0.118. The summed E-state index contributed by atoms with van der Waals surface area (Å²) in [6.45, 7) is 0. The van der Waals surface area contributed by atoms with Crippen LogP contribution in [0, 0.1) is 10.7 Å². The van der Waals surface area contributed by atoms with Crippen molar-refractivity contribution in [3.8, 4) is 11.2 Å². The van der Waals surface area contributed by atoms with Gasteiger partial charge in [0, 0.05) is 23.9 Å². The largest absolute Gasteiger partial charge is 0.508 e. The Bertz CT molecular complexity index is 493. The predicted molar refractivity (Wildman–Crippen MR) is 61.3 cm³/mol. The number of thioether (sulfide) groups is 1. The smallest absolute Gasteiger partial charge is 0.227 e. The third-order valence-corrected chi connectivity index (χ3v) is 3.32.